The summed E-state index contributed by atoms with van der Waals surface area (Å²) >= 11 is 0. The predicted molar refractivity (Wildman–Crippen MR) is 93.4 cm³/mol. The molecule has 0 saturated heterocycles. The Bertz CT molecular complexity index is 1210. The largest absolute Gasteiger partial charge is 2.00 e. The molecule has 0 aromatic heterocycles. The first-order chi connectivity index (χ1) is 13.0. The SMILES string of the molecule is N#Cc1ccc(S(=O)(=O)[O-])cc1C#N.N#Cc1ccc(S(=O)(=O)[O-])cc1C#N.[Ca+2]. The van der Waals surface area contributed by atoms with Gasteiger partial charge in [0, 0.05) is 0 Å². The van der Waals surface area contributed by atoms with Crippen molar-refractivity contribution in [2.45, 2.75) is 9.79 Å². The molecule has 0 aliphatic heterocycles. The average molecular weight is 454 g/mol. The molecule has 0 bridgehead atoms. The average Bonchev–Trinajstić information content (AvgIpc) is 2.65. The molecular formula is C16H6CaN4O6S2. The minimum Gasteiger partial charge on any atom is -0.744 e. The van der Waals surface area contributed by atoms with Crippen LogP contribution in [0.4, 0.5) is 0 Å². The normalized spacial score (nSPS) is 9.86. The van der Waals surface area contributed by atoms with E-state index in [1.807, 2.05) is 0 Å². The van der Waals surface area contributed by atoms with E-state index in [-0.39, 0.29) is 60.0 Å². The van der Waals surface area contributed by atoms with E-state index in [2.05, 4.69) is 0 Å². The second-order valence-electron chi connectivity index (χ2n) is 4.77. The molecule has 0 radical (unpaired) electrons. The van der Waals surface area contributed by atoms with Crippen molar-refractivity contribution in [2.75, 3.05) is 0 Å². The fourth-order valence-corrected chi connectivity index (χ4v) is 2.73. The van der Waals surface area contributed by atoms with Crippen molar-refractivity contribution in [1.29, 1.82) is 21.0 Å². The van der Waals surface area contributed by atoms with Crippen LogP contribution < -0.4 is 0 Å². The Morgan fingerprint density at radius 3 is 1.07 bits per heavy atom. The quantitative estimate of drug-likeness (QED) is 0.447. The van der Waals surface area contributed by atoms with E-state index in [4.69, 9.17) is 21.0 Å². The Balaban J connectivity index is 0.000000523. The zero-order valence-electron chi connectivity index (χ0n) is 14.2. The van der Waals surface area contributed by atoms with Gasteiger partial charge in [0.2, 0.25) is 0 Å². The smallest absolute Gasteiger partial charge is 0.744 e. The minimum atomic E-state index is -4.57. The molecule has 2 aromatic carbocycles. The maximum absolute atomic E-state index is 10.6. The summed E-state index contributed by atoms with van der Waals surface area (Å²) in [5, 5.41) is 34.1. The first-order valence-corrected chi connectivity index (χ1v) is 9.60. The van der Waals surface area contributed by atoms with Crippen LogP contribution in [0.1, 0.15) is 22.3 Å². The van der Waals surface area contributed by atoms with Gasteiger partial charge in [-0.15, -0.1) is 0 Å². The fourth-order valence-electron chi connectivity index (χ4n) is 1.74. The topological polar surface area (TPSA) is 210 Å². The van der Waals surface area contributed by atoms with Gasteiger partial charge in [-0.1, -0.05) is 0 Å². The van der Waals surface area contributed by atoms with Gasteiger partial charge in [0.1, 0.15) is 44.5 Å². The van der Waals surface area contributed by atoms with Gasteiger partial charge < -0.3 is 9.11 Å². The van der Waals surface area contributed by atoms with Gasteiger partial charge in [-0.2, -0.15) is 21.0 Å². The third-order valence-electron chi connectivity index (χ3n) is 3.04. The van der Waals surface area contributed by atoms with Gasteiger partial charge in [0.05, 0.1) is 32.0 Å². The fraction of sp³-hybridized carbons (Fsp3) is 0. The van der Waals surface area contributed by atoms with Crippen molar-refractivity contribution in [3.63, 3.8) is 0 Å². The number of nitrogens with zero attached hydrogens (tertiary/aromatic N) is 4. The standard InChI is InChI=1S/2C8H4N2O3S.Ca/c2*9-4-6-1-2-8(14(11,12)13)3-7(6)5-10;/h2*1-3H,(H,11,12,13);/q;;+2/p-2. The molecule has 0 fully saturated rings. The van der Waals surface area contributed by atoms with E-state index in [1.165, 1.54) is 0 Å². The summed E-state index contributed by atoms with van der Waals surface area (Å²) in [6.07, 6.45) is 0. The van der Waals surface area contributed by atoms with Gasteiger partial charge in [-0.05, 0) is 36.4 Å². The zero-order chi connectivity index (χ0) is 21.5. The first kappa shape index (κ1) is 26.5. The Labute approximate surface area is 196 Å². The van der Waals surface area contributed by atoms with E-state index in [1.54, 1.807) is 24.3 Å². The molecule has 0 spiro atoms. The van der Waals surface area contributed by atoms with Gasteiger partial charge in [-0.3, -0.25) is 0 Å². The summed E-state index contributed by atoms with van der Waals surface area (Å²) in [5.74, 6) is 0. The van der Waals surface area contributed by atoms with Crippen molar-refractivity contribution in [1.82, 2.24) is 0 Å². The van der Waals surface area contributed by atoms with Crippen molar-refractivity contribution in [3.8, 4) is 24.3 Å². The summed E-state index contributed by atoms with van der Waals surface area (Å²) in [4.78, 5) is -1.01. The predicted octanol–water partition coefficient (Wildman–Crippen LogP) is 0.287. The molecule has 13 heteroatoms. The van der Waals surface area contributed by atoms with Crippen LogP contribution in [-0.2, 0) is 20.2 Å². The molecule has 0 heterocycles. The molecule has 0 aliphatic carbocycles. The molecule has 2 aromatic rings. The van der Waals surface area contributed by atoms with E-state index >= 15 is 0 Å². The van der Waals surface area contributed by atoms with Crippen LogP contribution in [0.15, 0.2) is 46.2 Å². The van der Waals surface area contributed by atoms with E-state index < -0.39 is 30.0 Å². The number of hydrogen-bond acceptors (Lipinski definition) is 10. The van der Waals surface area contributed by atoms with Crippen LogP contribution in [0.3, 0.4) is 0 Å². The number of benzene rings is 2. The van der Waals surface area contributed by atoms with Gasteiger partial charge in [-0.25, -0.2) is 16.8 Å². The summed E-state index contributed by atoms with van der Waals surface area (Å²) in [7, 11) is -9.14. The van der Waals surface area contributed by atoms with E-state index in [0.29, 0.717) is 0 Å². The van der Waals surface area contributed by atoms with Crippen molar-refractivity contribution in [3.05, 3.63) is 58.7 Å². The Kier molecular flexibility index (Phi) is 9.93. The molecule has 0 aliphatic rings. The summed E-state index contributed by atoms with van der Waals surface area (Å²) in [5.41, 5.74) is -0.159. The molecule has 0 saturated carbocycles. The van der Waals surface area contributed by atoms with E-state index in [9.17, 15) is 25.9 Å². The summed E-state index contributed by atoms with van der Waals surface area (Å²) < 4.78 is 63.3. The first-order valence-electron chi connectivity index (χ1n) is 6.78. The van der Waals surface area contributed by atoms with Crippen molar-refractivity contribution < 1.29 is 25.9 Å². The second kappa shape index (κ2) is 10.9. The molecule has 0 unspecified atom stereocenters. The van der Waals surface area contributed by atoms with E-state index in [0.717, 1.165) is 36.4 Å². The third kappa shape index (κ3) is 7.43. The maximum Gasteiger partial charge on any atom is 2.00 e. The van der Waals surface area contributed by atoms with Gasteiger partial charge in [0.15, 0.2) is 0 Å². The van der Waals surface area contributed by atoms with Crippen LogP contribution in [0.5, 0.6) is 0 Å². The Morgan fingerprint density at radius 2 is 0.862 bits per heavy atom. The molecule has 0 atom stereocenters. The molecule has 0 amide bonds. The van der Waals surface area contributed by atoms with Gasteiger partial charge in [0.25, 0.3) is 0 Å². The second-order valence-corrected chi connectivity index (χ2v) is 7.53. The van der Waals surface area contributed by atoms with Gasteiger partial charge >= 0.3 is 37.7 Å². The van der Waals surface area contributed by atoms with Crippen LogP contribution in [0, 0.1) is 45.3 Å². The van der Waals surface area contributed by atoms with Crippen molar-refractivity contribution >= 4 is 58.0 Å². The zero-order valence-corrected chi connectivity index (χ0v) is 18.1. The van der Waals surface area contributed by atoms with Crippen LogP contribution >= 0.6 is 0 Å². The third-order valence-corrected chi connectivity index (χ3v) is 4.70. The van der Waals surface area contributed by atoms with Crippen LogP contribution in [0.25, 0.3) is 0 Å². The molecule has 0 N–H and O–H groups in total. The summed E-state index contributed by atoms with van der Waals surface area (Å²) in [6, 6.07) is 12.7. The maximum atomic E-state index is 10.6. The molecule has 10 nitrogen and oxygen atoms in total. The number of rotatable bonds is 2. The molecule has 140 valence electrons. The summed E-state index contributed by atoms with van der Waals surface area (Å²) in [6.45, 7) is 0. The Hall–Kier alpha value is -2.52. The number of nitriles is 4. The molecule has 2 rings (SSSR count). The van der Waals surface area contributed by atoms with Crippen LogP contribution in [0.2, 0.25) is 0 Å². The number of hydrogen-bond donors (Lipinski definition) is 0. The monoisotopic (exact) mass is 454 g/mol. The van der Waals surface area contributed by atoms with Crippen molar-refractivity contribution in [2.24, 2.45) is 0 Å². The molecular weight excluding hydrogens is 448 g/mol. The Morgan fingerprint density at radius 1 is 0.586 bits per heavy atom. The molecule has 29 heavy (non-hydrogen) atoms. The van der Waals surface area contributed by atoms with Crippen LogP contribution in [-0.4, -0.2) is 63.7 Å². The minimum absolute atomic E-state index is 0.